The van der Waals surface area contributed by atoms with E-state index in [4.69, 9.17) is 5.11 Å². The van der Waals surface area contributed by atoms with Gasteiger partial charge in [0.05, 0.1) is 6.42 Å². The van der Waals surface area contributed by atoms with Gasteiger partial charge in [-0.3, -0.25) is 9.59 Å². The quantitative estimate of drug-likeness (QED) is 0.744. The molecule has 0 bridgehead atoms. The van der Waals surface area contributed by atoms with Gasteiger partial charge in [0, 0.05) is 22.7 Å². The molecule has 15 heavy (non-hydrogen) atoms. The van der Waals surface area contributed by atoms with Gasteiger partial charge in [0.25, 0.3) is 0 Å². The van der Waals surface area contributed by atoms with Crippen LogP contribution in [0.4, 0.5) is 0 Å². The highest BCUT2D eigenvalue weighted by Crippen LogP contribution is 2.18. The lowest BCUT2D eigenvalue weighted by molar-refractivity contribution is -0.136. The first kappa shape index (κ1) is 9.45. The van der Waals surface area contributed by atoms with E-state index < -0.39 is 5.97 Å². The molecule has 2 rings (SSSR count). The molecule has 1 heterocycles. The number of carbonyl (C=O) groups excluding carboxylic acids is 1. The molecule has 4 nitrogen and oxygen atoms in total. The van der Waals surface area contributed by atoms with Crippen LogP contribution in [-0.2, 0) is 11.2 Å². The zero-order valence-electron chi connectivity index (χ0n) is 7.86. The molecule has 0 spiro atoms. The Morgan fingerprint density at radius 1 is 1.47 bits per heavy atom. The predicted molar refractivity (Wildman–Crippen MR) is 55.0 cm³/mol. The average Bonchev–Trinajstić information content (AvgIpc) is 2.59. The lowest BCUT2D eigenvalue weighted by Gasteiger charge is -1.97. The zero-order chi connectivity index (χ0) is 10.8. The van der Waals surface area contributed by atoms with Crippen molar-refractivity contribution in [2.45, 2.75) is 6.42 Å². The molecular formula is C11H9NO3. The molecule has 1 aromatic carbocycles. The van der Waals surface area contributed by atoms with Gasteiger partial charge in [-0.05, 0) is 17.7 Å². The Morgan fingerprint density at radius 3 is 2.93 bits per heavy atom. The van der Waals surface area contributed by atoms with Gasteiger partial charge in [-0.25, -0.2) is 0 Å². The van der Waals surface area contributed by atoms with Crippen LogP contribution in [0, 0.1) is 0 Å². The van der Waals surface area contributed by atoms with E-state index in [1.165, 1.54) is 0 Å². The maximum atomic E-state index is 10.7. The molecule has 0 aliphatic carbocycles. The lowest BCUT2D eigenvalue weighted by atomic mass is 10.1. The van der Waals surface area contributed by atoms with Crippen molar-refractivity contribution in [2.75, 3.05) is 0 Å². The summed E-state index contributed by atoms with van der Waals surface area (Å²) in [4.78, 5) is 24.1. The van der Waals surface area contributed by atoms with Crippen LogP contribution in [0.5, 0.6) is 0 Å². The molecule has 4 heteroatoms. The number of aldehydes is 1. The van der Waals surface area contributed by atoms with Crippen molar-refractivity contribution < 1.29 is 14.7 Å². The van der Waals surface area contributed by atoms with Crippen LogP contribution in [0.3, 0.4) is 0 Å². The average molecular weight is 203 g/mol. The fourth-order valence-corrected chi connectivity index (χ4v) is 1.57. The Kier molecular flexibility index (Phi) is 2.25. The van der Waals surface area contributed by atoms with Gasteiger partial charge in [-0.15, -0.1) is 0 Å². The summed E-state index contributed by atoms with van der Waals surface area (Å²) < 4.78 is 0. The van der Waals surface area contributed by atoms with Crippen LogP contribution >= 0.6 is 0 Å². The first-order valence-corrected chi connectivity index (χ1v) is 4.47. The number of aromatic amines is 1. The lowest BCUT2D eigenvalue weighted by Crippen LogP contribution is -1.99. The minimum atomic E-state index is -0.877. The third kappa shape index (κ3) is 1.74. The second kappa shape index (κ2) is 3.57. The van der Waals surface area contributed by atoms with Crippen LogP contribution in [0.2, 0.25) is 0 Å². The second-order valence-electron chi connectivity index (χ2n) is 3.31. The van der Waals surface area contributed by atoms with Gasteiger partial charge in [0.15, 0.2) is 6.29 Å². The van der Waals surface area contributed by atoms with Gasteiger partial charge >= 0.3 is 5.97 Å². The molecule has 2 aromatic rings. The number of hydrogen-bond acceptors (Lipinski definition) is 2. The fraction of sp³-hybridized carbons (Fsp3) is 0.0909. The normalized spacial score (nSPS) is 10.4. The van der Waals surface area contributed by atoms with E-state index in [2.05, 4.69) is 4.98 Å². The third-order valence-corrected chi connectivity index (χ3v) is 2.26. The Labute approximate surface area is 85.5 Å². The summed E-state index contributed by atoms with van der Waals surface area (Å²) in [5.41, 5.74) is 2.08. The highest BCUT2D eigenvalue weighted by molar-refractivity contribution is 5.97. The summed E-state index contributed by atoms with van der Waals surface area (Å²) in [6.07, 6.45) is 2.34. The van der Waals surface area contributed by atoms with E-state index in [0.717, 1.165) is 17.2 Å². The van der Waals surface area contributed by atoms with Crippen LogP contribution < -0.4 is 0 Å². The highest BCUT2D eigenvalue weighted by Gasteiger charge is 2.05. The SMILES string of the molecule is O=Cc1c[nH]c2ccc(CC(=O)O)cc12. The largest absolute Gasteiger partial charge is 0.481 e. The number of fused-ring (bicyclic) bond motifs is 1. The Bertz CT molecular complexity index is 528. The summed E-state index contributed by atoms with van der Waals surface area (Å²) in [5, 5.41) is 9.41. The monoisotopic (exact) mass is 203 g/mol. The summed E-state index contributed by atoms with van der Waals surface area (Å²) >= 11 is 0. The van der Waals surface area contributed by atoms with E-state index in [-0.39, 0.29) is 6.42 Å². The topological polar surface area (TPSA) is 70.2 Å². The molecule has 0 aliphatic rings. The molecule has 0 radical (unpaired) electrons. The van der Waals surface area contributed by atoms with E-state index in [1.807, 2.05) is 0 Å². The van der Waals surface area contributed by atoms with Gasteiger partial charge in [0.1, 0.15) is 0 Å². The molecule has 0 aliphatic heterocycles. The molecule has 0 atom stereocenters. The molecule has 0 fully saturated rings. The van der Waals surface area contributed by atoms with Crippen LogP contribution in [0.15, 0.2) is 24.4 Å². The molecule has 1 aromatic heterocycles. The third-order valence-electron chi connectivity index (χ3n) is 2.26. The molecule has 0 saturated heterocycles. The summed E-state index contributed by atoms with van der Waals surface area (Å²) in [7, 11) is 0. The molecular weight excluding hydrogens is 194 g/mol. The highest BCUT2D eigenvalue weighted by atomic mass is 16.4. The molecule has 2 N–H and O–H groups in total. The van der Waals surface area contributed by atoms with Crippen molar-refractivity contribution in [2.24, 2.45) is 0 Å². The summed E-state index contributed by atoms with van der Waals surface area (Å²) in [6.45, 7) is 0. The number of rotatable bonds is 3. The number of aliphatic carboxylic acids is 1. The van der Waals surface area contributed by atoms with E-state index in [0.29, 0.717) is 11.1 Å². The zero-order valence-corrected chi connectivity index (χ0v) is 7.86. The van der Waals surface area contributed by atoms with E-state index >= 15 is 0 Å². The minimum Gasteiger partial charge on any atom is -0.481 e. The van der Waals surface area contributed by atoms with Crippen molar-refractivity contribution in [1.29, 1.82) is 0 Å². The van der Waals surface area contributed by atoms with Gasteiger partial charge in [-0.2, -0.15) is 0 Å². The van der Waals surface area contributed by atoms with Crippen molar-refractivity contribution >= 4 is 23.2 Å². The maximum Gasteiger partial charge on any atom is 0.307 e. The van der Waals surface area contributed by atoms with Crippen molar-refractivity contribution in [3.05, 3.63) is 35.5 Å². The van der Waals surface area contributed by atoms with Crippen molar-refractivity contribution in [3.8, 4) is 0 Å². The first-order chi connectivity index (χ1) is 7.20. The first-order valence-electron chi connectivity index (χ1n) is 4.47. The van der Waals surface area contributed by atoms with Crippen molar-refractivity contribution in [3.63, 3.8) is 0 Å². The predicted octanol–water partition coefficient (Wildman–Crippen LogP) is 1.61. The molecule has 0 amide bonds. The van der Waals surface area contributed by atoms with Crippen LogP contribution in [0.1, 0.15) is 15.9 Å². The number of carbonyl (C=O) groups is 2. The van der Waals surface area contributed by atoms with Crippen LogP contribution in [0.25, 0.3) is 10.9 Å². The van der Waals surface area contributed by atoms with E-state index in [1.54, 1.807) is 24.4 Å². The maximum absolute atomic E-state index is 10.7. The molecule has 0 saturated carbocycles. The minimum absolute atomic E-state index is 0.0284. The standard InChI is InChI=1S/C11H9NO3/c13-6-8-5-12-10-2-1-7(3-9(8)10)4-11(14)15/h1-3,5-6,12H,4H2,(H,14,15). The smallest absolute Gasteiger partial charge is 0.307 e. The molecule has 0 unspecified atom stereocenters. The number of H-pyrrole nitrogens is 1. The fourth-order valence-electron chi connectivity index (χ4n) is 1.57. The van der Waals surface area contributed by atoms with Crippen LogP contribution in [-0.4, -0.2) is 22.3 Å². The number of hydrogen-bond donors (Lipinski definition) is 2. The molecule has 76 valence electrons. The number of aromatic nitrogens is 1. The number of carboxylic acids is 1. The summed E-state index contributed by atoms with van der Waals surface area (Å²) in [5.74, 6) is -0.877. The Hall–Kier alpha value is -2.10. The van der Waals surface area contributed by atoms with Gasteiger partial charge in [-0.1, -0.05) is 6.07 Å². The summed E-state index contributed by atoms with van der Waals surface area (Å²) in [6, 6.07) is 5.24. The number of carboxylic acid groups (broad SMARTS) is 1. The number of benzene rings is 1. The van der Waals surface area contributed by atoms with Crippen molar-refractivity contribution in [1.82, 2.24) is 4.98 Å². The van der Waals surface area contributed by atoms with Gasteiger partial charge < -0.3 is 10.1 Å². The van der Waals surface area contributed by atoms with Gasteiger partial charge in [0.2, 0.25) is 0 Å². The second-order valence-corrected chi connectivity index (χ2v) is 3.31. The van der Waals surface area contributed by atoms with E-state index in [9.17, 15) is 9.59 Å². The Morgan fingerprint density at radius 2 is 2.27 bits per heavy atom. The number of nitrogens with one attached hydrogen (secondary N) is 1. The Balaban J connectivity index is 2.52.